The lowest BCUT2D eigenvalue weighted by Crippen LogP contribution is -2.64. The lowest BCUT2D eigenvalue weighted by molar-refractivity contribution is -0.307. The Morgan fingerprint density at radius 1 is 1.34 bits per heavy atom. The van der Waals surface area contributed by atoms with Crippen LogP contribution in [-0.2, 0) is 16.0 Å². The van der Waals surface area contributed by atoms with Crippen LogP contribution in [0.1, 0.15) is 28.8 Å². The summed E-state index contributed by atoms with van der Waals surface area (Å²) in [5, 5.41) is 29.1. The zero-order valence-corrected chi connectivity index (χ0v) is 15.7. The lowest BCUT2D eigenvalue weighted by atomic mass is 9.70. The summed E-state index contributed by atoms with van der Waals surface area (Å²) in [6.07, 6.45) is 0.155. The van der Waals surface area contributed by atoms with Crippen LogP contribution in [0.2, 0.25) is 6.32 Å². The summed E-state index contributed by atoms with van der Waals surface area (Å²) in [5.41, 5.74) is 9.06. The van der Waals surface area contributed by atoms with E-state index >= 15 is 0 Å². The van der Waals surface area contributed by atoms with Crippen molar-refractivity contribution in [1.29, 1.82) is 0 Å². The van der Waals surface area contributed by atoms with Crippen LogP contribution in [0.5, 0.6) is 11.5 Å². The minimum atomic E-state index is -3.11. The number of nitrogens with two attached hydrogens (primary N) is 1. The number of aryl methyl sites for hydroxylation is 1. The quantitative estimate of drug-likeness (QED) is 0.309. The molecule has 158 valence electrons. The minimum absolute atomic E-state index is 0.0185. The van der Waals surface area contributed by atoms with Crippen LogP contribution in [0, 0.1) is 0 Å². The standard InChI is InChI=1S/C17H23BN3O8/c19-11(16(20)23)2-4-13(22)21-7-10(8-21)28-12-3-1-9-5-6-18(26,27)29-15(9)14(12)17(24)25/h1,3,10-11,26-27H,2,4-8,19H2,(H2,20,23)(H,24,25)/q-1/p+1/t11-/m0/s1. The maximum atomic E-state index is 12.1. The lowest BCUT2D eigenvalue weighted by Gasteiger charge is -2.40. The second-order valence-corrected chi connectivity index (χ2v) is 7.40. The van der Waals surface area contributed by atoms with E-state index in [0.717, 1.165) is 0 Å². The van der Waals surface area contributed by atoms with E-state index in [1.54, 1.807) is 6.07 Å². The Hall–Kier alpha value is -2.67. The van der Waals surface area contributed by atoms with Crippen LogP contribution in [-0.4, -0.2) is 69.8 Å². The van der Waals surface area contributed by atoms with Crippen molar-refractivity contribution in [3.63, 3.8) is 0 Å². The Balaban J connectivity index is 1.63. The van der Waals surface area contributed by atoms with Gasteiger partial charge in [-0.1, -0.05) is 12.4 Å². The summed E-state index contributed by atoms with van der Waals surface area (Å²) in [5.74, 6) is -1.99. The average molecular weight is 409 g/mol. The number of carboxylic acids is 1. The van der Waals surface area contributed by atoms with E-state index in [0.29, 0.717) is 5.56 Å². The summed E-state index contributed by atoms with van der Waals surface area (Å²) in [4.78, 5) is 36.4. The van der Waals surface area contributed by atoms with E-state index in [1.165, 1.54) is 11.0 Å². The first-order valence-corrected chi connectivity index (χ1v) is 9.31. The van der Waals surface area contributed by atoms with Gasteiger partial charge < -0.3 is 35.2 Å². The molecule has 1 aromatic carbocycles. The second kappa shape index (κ2) is 7.99. The fourth-order valence-corrected chi connectivity index (χ4v) is 3.33. The number of hydrogen-bond donors (Lipinski definition) is 5. The maximum Gasteiger partial charge on any atom is 0.430 e. The number of amides is 2. The predicted molar refractivity (Wildman–Crippen MR) is 98.8 cm³/mol. The Labute approximate surface area is 166 Å². The smallest absolute Gasteiger partial charge is 0.430 e. The predicted octanol–water partition coefficient (Wildman–Crippen LogP) is -2.29. The van der Waals surface area contributed by atoms with Crippen LogP contribution in [0.15, 0.2) is 12.1 Å². The molecule has 12 heteroatoms. The van der Waals surface area contributed by atoms with E-state index in [2.05, 4.69) is 5.73 Å². The second-order valence-electron chi connectivity index (χ2n) is 7.40. The zero-order chi connectivity index (χ0) is 21.3. The molecular formula is C17H24BN3O8. The monoisotopic (exact) mass is 409 g/mol. The topological polar surface area (TPSA) is 187 Å². The molecule has 1 saturated heterocycles. The first-order chi connectivity index (χ1) is 13.6. The van der Waals surface area contributed by atoms with Gasteiger partial charge in [0.2, 0.25) is 5.91 Å². The molecule has 1 atom stereocenters. The third-order valence-corrected chi connectivity index (χ3v) is 5.09. The van der Waals surface area contributed by atoms with Crippen molar-refractivity contribution < 1.29 is 44.7 Å². The molecule has 2 amide bonds. The third-order valence-electron chi connectivity index (χ3n) is 5.09. The van der Waals surface area contributed by atoms with Gasteiger partial charge in [0.05, 0.1) is 18.8 Å². The van der Waals surface area contributed by atoms with Gasteiger partial charge in [-0.3, -0.25) is 10.5 Å². The number of likely N-dealkylation sites (tertiary alicyclic amines) is 1. The molecule has 8 N–H and O–H groups in total. The molecule has 0 bridgehead atoms. The highest BCUT2D eigenvalue weighted by Crippen LogP contribution is 2.38. The van der Waals surface area contributed by atoms with Crippen LogP contribution >= 0.6 is 0 Å². The molecular weight excluding hydrogens is 385 g/mol. The molecule has 1 fully saturated rings. The number of carbonyl (C=O) groups excluding carboxylic acids is 2. The molecule has 11 nitrogen and oxygen atoms in total. The average Bonchev–Trinajstić information content (AvgIpc) is 2.60. The van der Waals surface area contributed by atoms with Gasteiger partial charge in [-0.25, -0.2) is 9.59 Å². The highest BCUT2D eigenvalue weighted by Gasteiger charge is 2.36. The van der Waals surface area contributed by atoms with Crippen LogP contribution < -0.4 is 20.9 Å². The van der Waals surface area contributed by atoms with Gasteiger partial charge in [0.1, 0.15) is 23.5 Å². The van der Waals surface area contributed by atoms with E-state index in [4.69, 9.17) is 15.1 Å². The van der Waals surface area contributed by atoms with E-state index in [9.17, 15) is 29.5 Å². The molecule has 1 aromatic rings. The summed E-state index contributed by atoms with van der Waals surface area (Å²) in [6.45, 7) is -2.59. The largest absolute Gasteiger partial charge is 0.669 e. The first kappa shape index (κ1) is 21.1. The first-order valence-electron chi connectivity index (χ1n) is 9.31. The van der Waals surface area contributed by atoms with E-state index < -0.39 is 30.8 Å². The Bertz CT molecular complexity index is 840. The SMILES string of the molecule is N[C@@H](CCC(=O)N1CC(Oc2ccc3c(c2C(=O)O)O[B-](O)(O)CC3)C1)C([NH3+])=O. The molecule has 0 unspecified atom stereocenters. The molecule has 0 spiro atoms. The van der Waals surface area contributed by atoms with Crippen molar-refractivity contribution in [2.45, 2.75) is 37.7 Å². The van der Waals surface area contributed by atoms with Crippen molar-refractivity contribution in [1.82, 2.24) is 4.90 Å². The number of rotatable bonds is 7. The highest BCUT2D eigenvalue weighted by atomic mass is 16.6. The molecule has 3 rings (SSSR count). The number of hydrogen-bond acceptors (Lipinski definition) is 8. The van der Waals surface area contributed by atoms with Crippen molar-refractivity contribution in [2.75, 3.05) is 13.1 Å². The highest BCUT2D eigenvalue weighted by molar-refractivity contribution is 6.59. The normalized spacial score (nSPS) is 18.8. The van der Waals surface area contributed by atoms with Crippen LogP contribution in [0.3, 0.4) is 0 Å². The number of quaternary nitrogens is 1. The molecule has 0 aliphatic carbocycles. The fourth-order valence-electron chi connectivity index (χ4n) is 3.33. The number of nitrogens with zero attached hydrogens (tertiary/aromatic N) is 1. The Morgan fingerprint density at radius 3 is 2.66 bits per heavy atom. The molecule has 29 heavy (non-hydrogen) atoms. The van der Waals surface area contributed by atoms with Gasteiger partial charge >= 0.3 is 18.6 Å². The number of ether oxygens (including phenoxy) is 1. The van der Waals surface area contributed by atoms with Crippen molar-refractivity contribution in [3.8, 4) is 11.5 Å². The Morgan fingerprint density at radius 2 is 2.03 bits per heavy atom. The number of fused-ring (bicyclic) bond motifs is 1. The summed E-state index contributed by atoms with van der Waals surface area (Å²) < 4.78 is 10.8. The molecule has 2 heterocycles. The summed E-state index contributed by atoms with van der Waals surface area (Å²) in [7, 11) is 0. The number of carbonyl (C=O) groups is 3. The molecule has 0 radical (unpaired) electrons. The van der Waals surface area contributed by atoms with Gasteiger partial charge in [0.25, 0.3) is 0 Å². The third kappa shape index (κ3) is 4.67. The van der Waals surface area contributed by atoms with Crippen molar-refractivity contribution in [2.24, 2.45) is 5.73 Å². The van der Waals surface area contributed by atoms with Crippen LogP contribution in [0.25, 0.3) is 0 Å². The fraction of sp³-hybridized carbons (Fsp3) is 0.471. The molecule has 0 aromatic heterocycles. The summed E-state index contributed by atoms with van der Waals surface area (Å²) >= 11 is 0. The molecule has 2 aliphatic rings. The van der Waals surface area contributed by atoms with Crippen molar-refractivity contribution in [3.05, 3.63) is 23.3 Å². The van der Waals surface area contributed by atoms with Gasteiger partial charge in [0.15, 0.2) is 0 Å². The molecule has 0 saturated carbocycles. The van der Waals surface area contributed by atoms with E-state index in [-0.39, 0.29) is 61.6 Å². The van der Waals surface area contributed by atoms with Gasteiger partial charge in [0, 0.05) is 6.42 Å². The van der Waals surface area contributed by atoms with Gasteiger partial charge in [-0.05, 0) is 24.5 Å². The number of benzene rings is 1. The van der Waals surface area contributed by atoms with Crippen LogP contribution in [0.4, 0.5) is 0 Å². The van der Waals surface area contributed by atoms with E-state index in [1.807, 2.05) is 0 Å². The molecule has 2 aliphatic heterocycles. The summed E-state index contributed by atoms with van der Waals surface area (Å²) in [6, 6.07) is 2.36. The van der Waals surface area contributed by atoms with Gasteiger partial charge in [-0.2, -0.15) is 0 Å². The van der Waals surface area contributed by atoms with Gasteiger partial charge in [-0.15, -0.1) is 0 Å². The Kier molecular flexibility index (Phi) is 5.80. The minimum Gasteiger partial charge on any atom is -0.669 e. The maximum absolute atomic E-state index is 12.1. The number of aromatic carboxylic acids is 1. The van der Waals surface area contributed by atoms with Crippen molar-refractivity contribution >= 4 is 24.5 Å². The number of carboxylic acid groups (broad SMARTS) is 1. The zero-order valence-electron chi connectivity index (χ0n) is 15.7.